The van der Waals surface area contributed by atoms with Crippen LogP contribution in [0.1, 0.15) is 12.2 Å². The van der Waals surface area contributed by atoms with Crippen molar-refractivity contribution in [3.05, 3.63) is 29.0 Å². The smallest absolute Gasteiger partial charge is 0.323 e. The van der Waals surface area contributed by atoms with Crippen LogP contribution in [0.3, 0.4) is 0 Å². The Labute approximate surface area is 133 Å². The molecule has 3 rings (SSSR count). The lowest BCUT2D eigenvalue weighted by atomic mass is 10.2. The van der Waals surface area contributed by atoms with Gasteiger partial charge in [0.25, 0.3) is 0 Å². The molecule has 22 heavy (non-hydrogen) atoms. The van der Waals surface area contributed by atoms with Crippen LogP contribution in [0.4, 0.5) is 0 Å². The van der Waals surface area contributed by atoms with Crippen molar-refractivity contribution in [3.8, 4) is 0 Å². The molecule has 1 fully saturated rings. The lowest BCUT2D eigenvalue weighted by Crippen LogP contribution is -2.37. The number of aromatic nitrogens is 2. The van der Waals surface area contributed by atoms with E-state index >= 15 is 0 Å². The van der Waals surface area contributed by atoms with E-state index in [1.807, 2.05) is 34.7 Å². The topological polar surface area (TPSA) is 67.6 Å². The molecule has 2 aromatic rings. The Morgan fingerprint density at radius 3 is 3.05 bits per heavy atom. The Morgan fingerprint density at radius 2 is 2.32 bits per heavy atom. The van der Waals surface area contributed by atoms with Crippen molar-refractivity contribution >= 4 is 28.6 Å². The van der Waals surface area contributed by atoms with E-state index < -0.39 is 12.1 Å². The number of carbonyl (C=O) groups excluding carboxylic acids is 1. The van der Waals surface area contributed by atoms with Crippen molar-refractivity contribution in [2.45, 2.75) is 25.1 Å². The van der Waals surface area contributed by atoms with Crippen molar-refractivity contribution in [3.63, 3.8) is 0 Å². The second kappa shape index (κ2) is 5.87. The fourth-order valence-corrected chi connectivity index (χ4v) is 3.15. The van der Waals surface area contributed by atoms with Gasteiger partial charge in [-0.3, -0.25) is 9.69 Å². The fourth-order valence-electron chi connectivity index (χ4n) is 2.98. The summed E-state index contributed by atoms with van der Waals surface area (Å²) in [4.78, 5) is 18.3. The quantitative estimate of drug-likeness (QED) is 0.863. The van der Waals surface area contributed by atoms with Crippen LogP contribution in [0.25, 0.3) is 11.0 Å². The van der Waals surface area contributed by atoms with Gasteiger partial charge in [-0.05, 0) is 18.2 Å². The summed E-state index contributed by atoms with van der Waals surface area (Å²) in [6.07, 6.45) is -0.129. The third-order valence-corrected chi connectivity index (χ3v) is 4.37. The van der Waals surface area contributed by atoms with Crippen LogP contribution in [0.2, 0.25) is 5.02 Å². The Bertz CT molecular complexity index is 715. The summed E-state index contributed by atoms with van der Waals surface area (Å²) in [7, 11) is 3.29. The summed E-state index contributed by atoms with van der Waals surface area (Å²) in [6.45, 7) is 0.906. The number of methoxy groups -OCH3 is 1. The van der Waals surface area contributed by atoms with Crippen LogP contribution in [-0.4, -0.2) is 51.3 Å². The van der Waals surface area contributed by atoms with Gasteiger partial charge in [0.05, 0.1) is 30.8 Å². The minimum atomic E-state index is -0.520. The van der Waals surface area contributed by atoms with Crippen LogP contribution >= 0.6 is 11.6 Å². The van der Waals surface area contributed by atoms with E-state index in [2.05, 4.69) is 4.98 Å². The number of β-amino-alcohol motifs (C(OH)–C–C–N with tert-alkyl or cyclic N) is 1. The molecule has 0 amide bonds. The zero-order chi connectivity index (χ0) is 15.9. The molecule has 1 aromatic heterocycles. The lowest BCUT2D eigenvalue weighted by Gasteiger charge is -2.21. The van der Waals surface area contributed by atoms with E-state index in [1.165, 1.54) is 7.11 Å². The van der Waals surface area contributed by atoms with E-state index in [0.29, 0.717) is 24.5 Å². The molecule has 1 aliphatic heterocycles. The Balaban J connectivity index is 1.89. The second-order valence-corrected chi connectivity index (χ2v) is 6.01. The van der Waals surface area contributed by atoms with Gasteiger partial charge in [0.2, 0.25) is 0 Å². The first kappa shape index (κ1) is 15.3. The molecular weight excluding hydrogens is 306 g/mol. The minimum Gasteiger partial charge on any atom is -0.468 e. The predicted molar refractivity (Wildman–Crippen MR) is 82.6 cm³/mol. The number of esters is 1. The minimum absolute atomic E-state index is 0.321. The summed E-state index contributed by atoms with van der Waals surface area (Å²) >= 11 is 6.00. The van der Waals surface area contributed by atoms with Crippen molar-refractivity contribution in [1.82, 2.24) is 14.5 Å². The average Bonchev–Trinajstić information content (AvgIpc) is 2.99. The highest BCUT2D eigenvalue weighted by molar-refractivity contribution is 6.31. The molecule has 1 aromatic carbocycles. The lowest BCUT2D eigenvalue weighted by molar-refractivity contribution is -0.146. The number of carbonyl (C=O) groups is 1. The van der Waals surface area contributed by atoms with Gasteiger partial charge in [-0.15, -0.1) is 0 Å². The van der Waals surface area contributed by atoms with Gasteiger partial charge in [0.15, 0.2) is 0 Å². The molecule has 0 spiro atoms. The molecule has 0 unspecified atom stereocenters. The highest BCUT2D eigenvalue weighted by Crippen LogP contribution is 2.24. The Hall–Kier alpha value is -1.63. The van der Waals surface area contributed by atoms with E-state index in [9.17, 15) is 9.90 Å². The molecule has 7 heteroatoms. The number of rotatable bonds is 3. The van der Waals surface area contributed by atoms with Gasteiger partial charge in [-0.25, -0.2) is 4.98 Å². The van der Waals surface area contributed by atoms with Gasteiger partial charge >= 0.3 is 5.97 Å². The Kier molecular flexibility index (Phi) is 4.08. The first-order chi connectivity index (χ1) is 10.5. The normalized spacial score (nSPS) is 22.4. The van der Waals surface area contributed by atoms with Crippen LogP contribution in [0, 0.1) is 0 Å². The molecule has 2 heterocycles. The number of ether oxygens (including phenoxy) is 1. The van der Waals surface area contributed by atoms with Crippen molar-refractivity contribution in [2.75, 3.05) is 13.7 Å². The second-order valence-electron chi connectivity index (χ2n) is 5.58. The van der Waals surface area contributed by atoms with Gasteiger partial charge in [-0.2, -0.15) is 0 Å². The highest BCUT2D eigenvalue weighted by atomic mass is 35.5. The molecular formula is C15H18ClN3O3. The highest BCUT2D eigenvalue weighted by Gasteiger charge is 2.37. The van der Waals surface area contributed by atoms with E-state index in [0.717, 1.165) is 16.9 Å². The number of aliphatic hydroxyl groups excluding tert-OH is 1. The number of likely N-dealkylation sites (tertiary alicyclic amines) is 1. The number of hydrogen-bond acceptors (Lipinski definition) is 5. The zero-order valence-electron chi connectivity index (χ0n) is 12.5. The number of aryl methyl sites for hydroxylation is 1. The summed E-state index contributed by atoms with van der Waals surface area (Å²) < 4.78 is 6.80. The fraction of sp³-hybridized carbons (Fsp3) is 0.467. The molecule has 1 saturated heterocycles. The standard InChI is InChI=1S/C15H18ClN3O3/c1-18-12-4-3-9(16)5-11(12)17-14(18)8-19-7-10(20)6-13(19)15(21)22-2/h3-5,10,13,20H,6-8H2,1-2H3/t10-,13+/m0/s1. The average molecular weight is 324 g/mol. The van der Waals surface area contributed by atoms with Gasteiger partial charge in [-0.1, -0.05) is 11.6 Å². The molecule has 0 saturated carbocycles. The van der Waals surface area contributed by atoms with Crippen LogP contribution < -0.4 is 0 Å². The number of nitrogens with zero attached hydrogens (tertiary/aromatic N) is 3. The maximum atomic E-state index is 11.8. The molecule has 0 radical (unpaired) electrons. The molecule has 1 aliphatic rings. The van der Waals surface area contributed by atoms with Crippen molar-refractivity contribution in [2.24, 2.45) is 7.05 Å². The molecule has 1 N–H and O–H groups in total. The molecule has 2 atom stereocenters. The summed E-state index contributed by atoms with van der Waals surface area (Å²) in [5.41, 5.74) is 1.80. The third-order valence-electron chi connectivity index (χ3n) is 4.13. The maximum Gasteiger partial charge on any atom is 0.323 e. The summed E-state index contributed by atoms with van der Waals surface area (Å²) in [6, 6.07) is 5.14. The summed E-state index contributed by atoms with van der Waals surface area (Å²) in [5, 5.41) is 10.5. The number of hydrogen-bond donors (Lipinski definition) is 1. The largest absolute Gasteiger partial charge is 0.468 e. The molecule has 118 valence electrons. The van der Waals surface area contributed by atoms with Gasteiger partial charge in [0, 0.05) is 25.0 Å². The van der Waals surface area contributed by atoms with E-state index in [-0.39, 0.29) is 5.97 Å². The maximum absolute atomic E-state index is 11.8. The molecule has 0 aliphatic carbocycles. The first-order valence-electron chi connectivity index (χ1n) is 7.10. The number of benzene rings is 1. The number of fused-ring (bicyclic) bond motifs is 1. The van der Waals surface area contributed by atoms with Crippen LogP contribution in [0.5, 0.6) is 0 Å². The van der Waals surface area contributed by atoms with Gasteiger partial charge < -0.3 is 14.4 Å². The molecule has 6 nitrogen and oxygen atoms in total. The first-order valence-corrected chi connectivity index (χ1v) is 7.48. The monoisotopic (exact) mass is 323 g/mol. The zero-order valence-corrected chi connectivity index (χ0v) is 13.2. The number of halogens is 1. The SMILES string of the molecule is COC(=O)[C@H]1C[C@H](O)CN1Cc1nc2cc(Cl)ccc2n1C. The van der Waals surface area contributed by atoms with Crippen LogP contribution in [-0.2, 0) is 23.1 Å². The number of aliphatic hydroxyl groups is 1. The van der Waals surface area contributed by atoms with Crippen LogP contribution in [0.15, 0.2) is 18.2 Å². The molecule has 0 bridgehead atoms. The van der Waals surface area contributed by atoms with Crippen molar-refractivity contribution in [1.29, 1.82) is 0 Å². The van der Waals surface area contributed by atoms with Crippen molar-refractivity contribution < 1.29 is 14.6 Å². The summed E-state index contributed by atoms with van der Waals surface area (Å²) in [5.74, 6) is 0.499. The van der Waals surface area contributed by atoms with E-state index in [4.69, 9.17) is 16.3 Å². The van der Waals surface area contributed by atoms with E-state index in [1.54, 1.807) is 0 Å². The van der Waals surface area contributed by atoms with Gasteiger partial charge in [0.1, 0.15) is 11.9 Å². The predicted octanol–water partition coefficient (Wildman–Crippen LogP) is 1.33. The number of imidazole rings is 1. The third kappa shape index (κ3) is 2.69. The Morgan fingerprint density at radius 1 is 1.55 bits per heavy atom.